The second-order valence-corrected chi connectivity index (χ2v) is 5.71. The molecule has 21 heavy (non-hydrogen) atoms. The quantitative estimate of drug-likeness (QED) is 0.898. The summed E-state index contributed by atoms with van der Waals surface area (Å²) >= 11 is 5.65. The molecule has 0 spiro atoms. The molecule has 3 rings (SSSR count). The van der Waals surface area contributed by atoms with Crippen molar-refractivity contribution < 1.29 is 23.8 Å². The van der Waals surface area contributed by atoms with E-state index in [1.165, 1.54) is 12.1 Å². The number of ether oxygens (including phenoxy) is 1. The van der Waals surface area contributed by atoms with Gasteiger partial charge in [-0.3, -0.25) is 9.59 Å². The first-order chi connectivity index (χ1) is 9.97. The minimum atomic E-state index is -1.03. The molecule has 1 aromatic rings. The molecule has 1 amide bonds. The fraction of sp³-hybridized carbons (Fsp3) is 0.429. The van der Waals surface area contributed by atoms with Crippen molar-refractivity contribution in [2.75, 3.05) is 5.32 Å². The summed E-state index contributed by atoms with van der Waals surface area (Å²) in [5.74, 6) is -3.61. The van der Waals surface area contributed by atoms with Crippen molar-refractivity contribution in [3.05, 3.63) is 29.0 Å². The fourth-order valence-electron chi connectivity index (χ4n) is 3.12. The Morgan fingerprint density at radius 3 is 2.57 bits per heavy atom. The Morgan fingerprint density at radius 2 is 1.95 bits per heavy atom. The lowest BCUT2D eigenvalue weighted by Gasteiger charge is -2.23. The van der Waals surface area contributed by atoms with Gasteiger partial charge < -0.3 is 15.2 Å². The van der Waals surface area contributed by atoms with Crippen LogP contribution in [0.1, 0.15) is 12.8 Å². The summed E-state index contributed by atoms with van der Waals surface area (Å²) in [7, 11) is 0. The van der Waals surface area contributed by atoms with Crippen molar-refractivity contribution >= 4 is 29.2 Å². The number of carboxylic acid groups (broad SMARTS) is 1. The second kappa shape index (κ2) is 5.27. The van der Waals surface area contributed by atoms with Gasteiger partial charge in [0.05, 0.1) is 29.1 Å². The second-order valence-electron chi connectivity index (χ2n) is 5.30. The van der Waals surface area contributed by atoms with E-state index in [2.05, 4.69) is 5.32 Å². The number of benzene rings is 1. The average molecular weight is 314 g/mol. The van der Waals surface area contributed by atoms with Crippen LogP contribution in [-0.2, 0) is 14.3 Å². The van der Waals surface area contributed by atoms with Crippen molar-refractivity contribution in [2.45, 2.75) is 25.0 Å². The average Bonchev–Trinajstić information content (AvgIpc) is 3.03. The van der Waals surface area contributed by atoms with Crippen LogP contribution in [0.2, 0.25) is 5.02 Å². The molecule has 2 bridgehead atoms. The Labute approximate surface area is 125 Å². The maximum atomic E-state index is 13.1. The first kappa shape index (κ1) is 14.3. The molecular formula is C14H13ClFNO4. The van der Waals surface area contributed by atoms with Crippen LogP contribution in [0.4, 0.5) is 10.1 Å². The lowest BCUT2D eigenvalue weighted by molar-refractivity contribution is -0.147. The summed E-state index contributed by atoms with van der Waals surface area (Å²) in [6.07, 6.45) is 0.567. The highest BCUT2D eigenvalue weighted by atomic mass is 35.5. The van der Waals surface area contributed by atoms with Gasteiger partial charge in [-0.25, -0.2) is 4.39 Å². The van der Waals surface area contributed by atoms with Gasteiger partial charge in [0.2, 0.25) is 5.91 Å². The molecule has 0 saturated carbocycles. The van der Waals surface area contributed by atoms with E-state index >= 15 is 0 Å². The Bertz CT molecular complexity index is 609. The van der Waals surface area contributed by atoms with E-state index in [1.54, 1.807) is 0 Å². The highest BCUT2D eigenvalue weighted by molar-refractivity contribution is 6.31. The van der Waals surface area contributed by atoms with Gasteiger partial charge in [0, 0.05) is 5.69 Å². The van der Waals surface area contributed by atoms with E-state index in [0.717, 1.165) is 6.07 Å². The summed E-state index contributed by atoms with van der Waals surface area (Å²) in [5, 5.41) is 11.8. The predicted molar refractivity (Wildman–Crippen MR) is 72.6 cm³/mol. The van der Waals surface area contributed by atoms with Gasteiger partial charge in [-0.05, 0) is 31.0 Å². The van der Waals surface area contributed by atoms with Crippen LogP contribution < -0.4 is 5.32 Å². The number of halogens is 2. The summed E-state index contributed by atoms with van der Waals surface area (Å²) < 4.78 is 18.6. The highest BCUT2D eigenvalue weighted by Gasteiger charge is 2.55. The van der Waals surface area contributed by atoms with Crippen molar-refractivity contribution in [3.8, 4) is 0 Å². The lowest BCUT2D eigenvalue weighted by Crippen LogP contribution is -2.40. The number of nitrogens with one attached hydrogen (secondary N) is 1. The van der Waals surface area contributed by atoms with Crippen LogP contribution in [0, 0.1) is 17.7 Å². The molecule has 7 heteroatoms. The minimum Gasteiger partial charge on any atom is -0.481 e. The normalized spacial score (nSPS) is 30.4. The standard InChI is InChI=1S/C14H13ClFNO4/c15-7-5-6(1-2-8(7)16)17-13(18)11-9-3-4-10(21-9)12(11)14(19)20/h1-2,5,9-12H,3-4H2,(H,17,18)(H,19,20)/t9-,10+,11-,12-/m0/s1. The molecule has 2 aliphatic heterocycles. The third-order valence-corrected chi connectivity index (χ3v) is 4.34. The Kier molecular flexibility index (Phi) is 3.59. The van der Waals surface area contributed by atoms with Gasteiger partial charge in [0.15, 0.2) is 0 Å². The zero-order chi connectivity index (χ0) is 15.1. The minimum absolute atomic E-state index is 0.105. The van der Waals surface area contributed by atoms with Crippen molar-refractivity contribution in [3.63, 3.8) is 0 Å². The molecule has 2 aliphatic rings. The lowest BCUT2D eigenvalue weighted by atomic mass is 9.78. The van der Waals surface area contributed by atoms with Gasteiger partial charge in [-0.15, -0.1) is 0 Å². The number of rotatable bonds is 3. The highest BCUT2D eigenvalue weighted by Crippen LogP contribution is 2.44. The van der Waals surface area contributed by atoms with Crippen molar-refractivity contribution in [2.24, 2.45) is 11.8 Å². The summed E-state index contributed by atoms with van der Waals surface area (Å²) in [6, 6.07) is 3.81. The molecule has 0 radical (unpaired) electrons. The van der Waals surface area contributed by atoms with E-state index in [1.807, 2.05) is 0 Å². The number of hydrogen-bond donors (Lipinski definition) is 2. The molecule has 2 N–H and O–H groups in total. The molecular weight excluding hydrogens is 301 g/mol. The molecule has 2 fully saturated rings. The third kappa shape index (κ3) is 2.49. The van der Waals surface area contributed by atoms with Gasteiger partial charge >= 0.3 is 5.97 Å². The monoisotopic (exact) mass is 313 g/mol. The molecule has 0 aliphatic carbocycles. The van der Waals surface area contributed by atoms with Crippen LogP contribution in [0.15, 0.2) is 18.2 Å². The van der Waals surface area contributed by atoms with Gasteiger partial charge in [0.1, 0.15) is 5.82 Å². The maximum Gasteiger partial charge on any atom is 0.310 e. The molecule has 4 atom stereocenters. The van der Waals surface area contributed by atoms with Crippen LogP contribution in [0.5, 0.6) is 0 Å². The first-order valence-corrected chi connectivity index (χ1v) is 6.99. The largest absolute Gasteiger partial charge is 0.481 e. The smallest absolute Gasteiger partial charge is 0.310 e. The number of fused-ring (bicyclic) bond motifs is 2. The maximum absolute atomic E-state index is 13.1. The summed E-state index contributed by atoms with van der Waals surface area (Å²) in [6.45, 7) is 0. The summed E-state index contributed by atoms with van der Waals surface area (Å²) in [5.41, 5.74) is 0.332. The van der Waals surface area contributed by atoms with Crippen molar-refractivity contribution in [1.82, 2.24) is 0 Å². The van der Waals surface area contributed by atoms with Crippen LogP contribution >= 0.6 is 11.6 Å². The summed E-state index contributed by atoms with van der Waals surface area (Å²) in [4.78, 5) is 23.7. The van der Waals surface area contributed by atoms with Gasteiger partial charge in [-0.2, -0.15) is 0 Å². The third-order valence-electron chi connectivity index (χ3n) is 4.05. The molecule has 0 aromatic heterocycles. The topological polar surface area (TPSA) is 75.6 Å². The van der Waals surface area contributed by atoms with Gasteiger partial charge in [-0.1, -0.05) is 11.6 Å². The molecule has 112 valence electrons. The van der Waals surface area contributed by atoms with Crippen LogP contribution in [0.3, 0.4) is 0 Å². The van der Waals surface area contributed by atoms with Crippen LogP contribution in [-0.4, -0.2) is 29.2 Å². The number of carbonyl (C=O) groups excluding carboxylic acids is 1. The fourth-order valence-corrected chi connectivity index (χ4v) is 3.30. The van der Waals surface area contributed by atoms with E-state index in [9.17, 15) is 19.1 Å². The van der Waals surface area contributed by atoms with Crippen LogP contribution in [0.25, 0.3) is 0 Å². The Morgan fingerprint density at radius 1 is 1.29 bits per heavy atom. The number of anilines is 1. The SMILES string of the molecule is O=C(Nc1ccc(F)c(Cl)c1)[C@@H]1[C@@H](C(=O)O)[C@H]2CC[C@@H]1O2. The molecule has 1 aromatic carbocycles. The number of aliphatic carboxylic acids is 1. The zero-order valence-electron chi connectivity index (χ0n) is 10.9. The number of carboxylic acids is 1. The Hall–Kier alpha value is -1.66. The first-order valence-electron chi connectivity index (χ1n) is 6.61. The van der Waals surface area contributed by atoms with Crippen molar-refractivity contribution in [1.29, 1.82) is 0 Å². The predicted octanol–water partition coefficient (Wildman–Crippen LogP) is 2.30. The number of carbonyl (C=O) groups is 2. The number of amides is 1. The molecule has 5 nitrogen and oxygen atoms in total. The van der Waals surface area contributed by atoms with E-state index in [-0.39, 0.29) is 11.1 Å². The van der Waals surface area contributed by atoms with E-state index in [0.29, 0.717) is 18.5 Å². The Balaban J connectivity index is 1.78. The molecule has 0 unspecified atom stereocenters. The van der Waals surface area contributed by atoms with E-state index < -0.39 is 35.6 Å². The molecule has 2 saturated heterocycles. The van der Waals surface area contributed by atoms with Gasteiger partial charge in [0.25, 0.3) is 0 Å². The zero-order valence-corrected chi connectivity index (χ0v) is 11.6. The molecule has 2 heterocycles. The van der Waals surface area contributed by atoms with E-state index in [4.69, 9.17) is 16.3 Å². The number of hydrogen-bond acceptors (Lipinski definition) is 3.